The Bertz CT molecular complexity index is 463. The summed E-state index contributed by atoms with van der Waals surface area (Å²) in [5.41, 5.74) is 9.19. The third-order valence-corrected chi connectivity index (χ3v) is 2.29. The number of nitrogens with one attached hydrogen (secondary N) is 1. The van der Waals surface area contributed by atoms with Gasteiger partial charge in [-0.05, 0) is 43.2 Å². The lowest BCUT2D eigenvalue weighted by atomic mass is 10.3. The molecule has 4 nitrogen and oxygen atoms in total. The highest BCUT2D eigenvalue weighted by Crippen LogP contribution is 2.04. The molecule has 0 aliphatic rings. The van der Waals surface area contributed by atoms with Crippen LogP contribution in [0.1, 0.15) is 27.3 Å². The summed E-state index contributed by atoms with van der Waals surface area (Å²) < 4.78 is 0. The molecule has 0 fully saturated rings. The lowest BCUT2D eigenvalue weighted by Gasteiger charge is -1.89. The molecule has 17 heavy (non-hydrogen) atoms. The predicted octanol–water partition coefficient (Wildman–Crippen LogP) is 1.98. The Morgan fingerprint density at radius 3 is 2.29 bits per heavy atom. The van der Waals surface area contributed by atoms with Crippen molar-refractivity contribution in [3.63, 3.8) is 0 Å². The van der Waals surface area contributed by atoms with Gasteiger partial charge in [0.2, 0.25) is 0 Å². The summed E-state index contributed by atoms with van der Waals surface area (Å²) in [6, 6.07) is 5.75. The molecule has 0 unspecified atom stereocenters. The summed E-state index contributed by atoms with van der Waals surface area (Å²) in [6.07, 6.45) is 4.31. The molecule has 4 heteroatoms. The fraction of sp³-hybridized carbons (Fsp3) is 0.231. The van der Waals surface area contributed by atoms with Crippen LogP contribution in [-0.2, 0) is 6.54 Å². The second-order valence-corrected chi connectivity index (χ2v) is 3.73. The molecule has 3 N–H and O–H groups in total. The van der Waals surface area contributed by atoms with Gasteiger partial charge in [-0.15, -0.1) is 0 Å². The van der Waals surface area contributed by atoms with Crippen LogP contribution in [0.2, 0.25) is 0 Å². The molecule has 2 rings (SSSR count). The molecular weight excluding hydrogens is 214 g/mol. The smallest absolute Gasteiger partial charge is 0.166 e. The zero-order chi connectivity index (χ0) is 12.7. The molecule has 2 aromatic rings. The van der Waals surface area contributed by atoms with Crippen molar-refractivity contribution in [2.45, 2.75) is 20.4 Å². The fourth-order valence-electron chi connectivity index (χ4n) is 1.39. The topological polar surface area (TPSA) is 71.8 Å². The first kappa shape index (κ1) is 13.1. The van der Waals surface area contributed by atoms with Gasteiger partial charge in [0.15, 0.2) is 6.29 Å². The molecule has 0 amide bonds. The summed E-state index contributed by atoms with van der Waals surface area (Å²) in [5.74, 6) is 0. The van der Waals surface area contributed by atoms with Gasteiger partial charge < -0.3 is 10.7 Å². The van der Waals surface area contributed by atoms with Crippen LogP contribution in [0.4, 0.5) is 0 Å². The van der Waals surface area contributed by atoms with E-state index in [1.165, 1.54) is 0 Å². The highest BCUT2D eigenvalue weighted by molar-refractivity contribution is 5.74. The number of aryl methyl sites for hydroxylation is 2. The number of nitrogens with zero attached hydrogens (tertiary/aromatic N) is 1. The van der Waals surface area contributed by atoms with Gasteiger partial charge in [-0.25, -0.2) is 0 Å². The van der Waals surface area contributed by atoms with Crippen LogP contribution in [-0.4, -0.2) is 16.3 Å². The molecule has 0 aliphatic heterocycles. The molecule has 2 heterocycles. The zero-order valence-corrected chi connectivity index (χ0v) is 10.1. The number of aldehydes is 1. The maximum atomic E-state index is 10.2. The average molecular weight is 231 g/mol. The van der Waals surface area contributed by atoms with Crippen LogP contribution >= 0.6 is 0 Å². The van der Waals surface area contributed by atoms with Crippen molar-refractivity contribution < 1.29 is 4.79 Å². The van der Waals surface area contributed by atoms with E-state index in [1.807, 2.05) is 32.0 Å². The third-order valence-electron chi connectivity index (χ3n) is 2.29. The Kier molecular flexibility index (Phi) is 5.10. The van der Waals surface area contributed by atoms with Crippen molar-refractivity contribution in [1.29, 1.82) is 0 Å². The van der Waals surface area contributed by atoms with Gasteiger partial charge in [0.05, 0.1) is 5.69 Å². The van der Waals surface area contributed by atoms with Crippen molar-refractivity contribution >= 4 is 6.29 Å². The summed E-state index contributed by atoms with van der Waals surface area (Å²) in [4.78, 5) is 17.0. The van der Waals surface area contributed by atoms with Crippen LogP contribution in [0.15, 0.2) is 30.6 Å². The van der Waals surface area contributed by atoms with E-state index in [9.17, 15) is 4.79 Å². The van der Waals surface area contributed by atoms with Crippen LogP contribution in [0.5, 0.6) is 0 Å². The number of hydrogen-bond acceptors (Lipinski definition) is 3. The molecule has 0 saturated heterocycles. The number of H-pyrrole nitrogens is 1. The molecule has 0 saturated carbocycles. The standard InChI is InChI=1S/C7H9NO.C6H8N2/c1-5-3-6(2)8-7(5)4-9;7-5-6-1-3-8-4-2-6/h3-4,8H,1-2H3;1-4H,5,7H2. The van der Waals surface area contributed by atoms with Crippen LogP contribution in [0.25, 0.3) is 0 Å². The first-order chi connectivity index (χ1) is 8.17. The average Bonchev–Trinajstić information content (AvgIpc) is 2.69. The quantitative estimate of drug-likeness (QED) is 0.776. The van der Waals surface area contributed by atoms with Gasteiger partial charge in [0.1, 0.15) is 0 Å². The summed E-state index contributed by atoms with van der Waals surface area (Å²) >= 11 is 0. The second kappa shape index (κ2) is 6.60. The molecule has 0 aliphatic carbocycles. The Balaban J connectivity index is 0.000000171. The fourth-order valence-corrected chi connectivity index (χ4v) is 1.39. The van der Waals surface area contributed by atoms with Gasteiger partial charge in [0, 0.05) is 24.6 Å². The Morgan fingerprint density at radius 2 is 2.00 bits per heavy atom. The highest BCUT2D eigenvalue weighted by Gasteiger charge is 1.97. The molecule has 0 bridgehead atoms. The van der Waals surface area contributed by atoms with E-state index < -0.39 is 0 Å². The Hall–Kier alpha value is -1.94. The van der Waals surface area contributed by atoms with Gasteiger partial charge in [-0.1, -0.05) is 0 Å². The van der Waals surface area contributed by atoms with Crippen molar-refractivity contribution in [1.82, 2.24) is 9.97 Å². The van der Waals surface area contributed by atoms with Crippen LogP contribution in [0.3, 0.4) is 0 Å². The summed E-state index contributed by atoms with van der Waals surface area (Å²) in [6.45, 7) is 4.44. The van der Waals surface area contributed by atoms with E-state index in [-0.39, 0.29) is 0 Å². The van der Waals surface area contributed by atoms with Crippen molar-refractivity contribution in [3.8, 4) is 0 Å². The minimum Gasteiger partial charge on any atom is -0.356 e. The van der Waals surface area contributed by atoms with E-state index in [0.29, 0.717) is 12.2 Å². The molecular formula is C13H17N3O. The summed E-state index contributed by atoms with van der Waals surface area (Å²) in [5, 5.41) is 0. The minimum atomic E-state index is 0.600. The van der Waals surface area contributed by atoms with Crippen LogP contribution < -0.4 is 5.73 Å². The van der Waals surface area contributed by atoms with Crippen molar-refractivity contribution in [2.75, 3.05) is 0 Å². The van der Waals surface area contributed by atoms with E-state index >= 15 is 0 Å². The van der Waals surface area contributed by atoms with Gasteiger partial charge in [-0.3, -0.25) is 9.78 Å². The monoisotopic (exact) mass is 231 g/mol. The third kappa shape index (κ3) is 4.20. The maximum Gasteiger partial charge on any atom is 0.166 e. The van der Waals surface area contributed by atoms with Gasteiger partial charge >= 0.3 is 0 Å². The number of pyridine rings is 1. The molecule has 90 valence electrons. The largest absolute Gasteiger partial charge is 0.356 e. The second-order valence-electron chi connectivity index (χ2n) is 3.73. The van der Waals surface area contributed by atoms with Gasteiger partial charge in [0.25, 0.3) is 0 Å². The highest BCUT2D eigenvalue weighted by atomic mass is 16.1. The van der Waals surface area contributed by atoms with Crippen molar-refractivity contribution in [2.24, 2.45) is 5.73 Å². The Labute approximate surface area is 101 Å². The van der Waals surface area contributed by atoms with E-state index in [1.54, 1.807) is 12.4 Å². The van der Waals surface area contributed by atoms with Gasteiger partial charge in [-0.2, -0.15) is 0 Å². The number of hydrogen-bond donors (Lipinski definition) is 2. The van der Waals surface area contributed by atoms with Crippen molar-refractivity contribution in [3.05, 3.63) is 53.1 Å². The number of nitrogens with two attached hydrogens (primary N) is 1. The number of aromatic nitrogens is 2. The molecule has 0 radical (unpaired) electrons. The predicted molar refractivity (Wildman–Crippen MR) is 67.8 cm³/mol. The molecule has 0 spiro atoms. The van der Waals surface area contributed by atoms with E-state index in [0.717, 1.165) is 23.1 Å². The first-order valence-corrected chi connectivity index (χ1v) is 5.37. The number of aromatic amines is 1. The molecule has 0 atom stereocenters. The maximum absolute atomic E-state index is 10.2. The van der Waals surface area contributed by atoms with Crippen LogP contribution in [0, 0.1) is 13.8 Å². The normalized spacial score (nSPS) is 9.35. The summed E-state index contributed by atoms with van der Waals surface area (Å²) in [7, 11) is 0. The number of carbonyl (C=O) groups is 1. The zero-order valence-electron chi connectivity index (χ0n) is 10.1. The lowest BCUT2D eigenvalue weighted by molar-refractivity contribution is 0.111. The molecule has 0 aromatic carbocycles. The number of carbonyl (C=O) groups excluding carboxylic acids is 1. The number of rotatable bonds is 2. The Morgan fingerprint density at radius 1 is 1.35 bits per heavy atom. The molecule has 2 aromatic heterocycles. The lowest BCUT2D eigenvalue weighted by Crippen LogP contribution is -1.94. The first-order valence-electron chi connectivity index (χ1n) is 5.37. The minimum absolute atomic E-state index is 0.600. The van der Waals surface area contributed by atoms with E-state index in [4.69, 9.17) is 5.73 Å². The SMILES string of the molecule is Cc1cc(C)c(C=O)[nH]1.NCc1ccncc1. The van der Waals surface area contributed by atoms with E-state index in [2.05, 4.69) is 9.97 Å².